The second-order valence-corrected chi connectivity index (χ2v) is 7.03. The van der Waals surface area contributed by atoms with E-state index in [4.69, 9.17) is 0 Å². The monoisotopic (exact) mass is 373 g/mol. The maximum atomic E-state index is 12.5. The summed E-state index contributed by atoms with van der Waals surface area (Å²) in [5.41, 5.74) is 3.02. The first-order valence-corrected chi connectivity index (χ1v) is 9.32. The van der Waals surface area contributed by atoms with Crippen molar-refractivity contribution >= 4 is 16.7 Å². The molecule has 28 heavy (non-hydrogen) atoms. The van der Waals surface area contributed by atoms with Gasteiger partial charge < -0.3 is 10.3 Å². The van der Waals surface area contributed by atoms with Gasteiger partial charge in [-0.2, -0.15) is 5.26 Å². The van der Waals surface area contributed by atoms with Crippen molar-refractivity contribution in [3.05, 3.63) is 80.8 Å². The van der Waals surface area contributed by atoms with Crippen molar-refractivity contribution in [1.29, 1.82) is 5.26 Å². The molecule has 0 aliphatic rings. The molecular formula is C23H23N3O2. The van der Waals surface area contributed by atoms with Crippen LogP contribution in [0.1, 0.15) is 47.3 Å². The highest BCUT2D eigenvalue weighted by molar-refractivity contribution is 5.87. The molecule has 5 nitrogen and oxygen atoms in total. The number of nitrogens with one attached hydrogen (secondary N) is 2. The number of hydrogen-bond acceptors (Lipinski definition) is 3. The van der Waals surface area contributed by atoms with Crippen LogP contribution in [0.15, 0.2) is 47.3 Å². The predicted octanol–water partition coefficient (Wildman–Crippen LogP) is 3.83. The van der Waals surface area contributed by atoms with Crippen LogP contribution in [0.3, 0.4) is 0 Å². The highest BCUT2D eigenvalue weighted by Gasteiger charge is 2.15. The minimum Gasteiger partial charge on any atom is -0.350 e. The molecule has 0 aliphatic carbocycles. The van der Waals surface area contributed by atoms with E-state index < -0.39 is 0 Å². The standard InChI is InChI=1S/C23H23N3O2/c1-14-18(15(2)26-23(28)21(14)13-24)11-12-22(27)25-16(3)19-10-6-8-17-7-4-5-9-20(17)19/h4-10,16H,11-12H2,1-3H3,(H,25,27)(H,26,28). The largest absolute Gasteiger partial charge is 0.350 e. The smallest absolute Gasteiger partial charge is 0.266 e. The molecule has 3 rings (SSSR count). The van der Waals surface area contributed by atoms with Crippen LogP contribution in [0.4, 0.5) is 0 Å². The zero-order chi connectivity index (χ0) is 20.3. The van der Waals surface area contributed by atoms with E-state index >= 15 is 0 Å². The molecule has 0 spiro atoms. The lowest BCUT2D eigenvalue weighted by Crippen LogP contribution is -2.27. The number of hydrogen-bond donors (Lipinski definition) is 2. The van der Waals surface area contributed by atoms with Crippen molar-refractivity contribution < 1.29 is 4.79 Å². The summed E-state index contributed by atoms with van der Waals surface area (Å²) >= 11 is 0. The maximum absolute atomic E-state index is 12.5. The van der Waals surface area contributed by atoms with Crippen LogP contribution < -0.4 is 10.9 Å². The fraction of sp³-hybridized carbons (Fsp3) is 0.261. The lowest BCUT2D eigenvalue weighted by molar-refractivity contribution is -0.121. The zero-order valence-corrected chi connectivity index (χ0v) is 16.3. The van der Waals surface area contributed by atoms with Crippen LogP contribution in [-0.2, 0) is 11.2 Å². The van der Waals surface area contributed by atoms with Crippen LogP contribution in [-0.4, -0.2) is 10.9 Å². The number of carbonyl (C=O) groups excluding carboxylic acids is 1. The second-order valence-electron chi connectivity index (χ2n) is 7.03. The summed E-state index contributed by atoms with van der Waals surface area (Å²) in [5, 5.41) is 14.5. The first kappa shape index (κ1) is 19.4. The van der Waals surface area contributed by atoms with Gasteiger partial charge in [-0.15, -0.1) is 0 Å². The summed E-state index contributed by atoms with van der Waals surface area (Å²) in [6.07, 6.45) is 0.755. The van der Waals surface area contributed by atoms with Gasteiger partial charge in [0.15, 0.2) is 0 Å². The van der Waals surface area contributed by atoms with Crippen LogP contribution in [0.5, 0.6) is 0 Å². The highest BCUT2D eigenvalue weighted by Crippen LogP contribution is 2.24. The Kier molecular flexibility index (Phi) is 5.60. The van der Waals surface area contributed by atoms with E-state index in [1.54, 1.807) is 13.8 Å². The van der Waals surface area contributed by atoms with E-state index in [9.17, 15) is 14.9 Å². The second kappa shape index (κ2) is 8.10. The number of carbonyl (C=O) groups is 1. The number of H-pyrrole nitrogens is 1. The van der Waals surface area contributed by atoms with E-state index in [0.717, 1.165) is 21.9 Å². The lowest BCUT2D eigenvalue weighted by atomic mass is 9.98. The van der Waals surface area contributed by atoms with Crippen molar-refractivity contribution in [2.75, 3.05) is 0 Å². The van der Waals surface area contributed by atoms with Crippen molar-refractivity contribution in [3.8, 4) is 6.07 Å². The third-order valence-corrected chi connectivity index (χ3v) is 5.19. The molecule has 5 heteroatoms. The number of aromatic amines is 1. The Labute approximate surface area is 164 Å². The molecular weight excluding hydrogens is 350 g/mol. The Bertz CT molecular complexity index is 1130. The highest BCUT2D eigenvalue weighted by atomic mass is 16.1. The van der Waals surface area contributed by atoms with Gasteiger partial charge in [0.25, 0.3) is 5.56 Å². The molecule has 2 aromatic carbocycles. The van der Waals surface area contributed by atoms with Gasteiger partial charge in [0.05, 0.1) is 6.04 Å². The molecule has 1 heterocycles. The number of fused-ring (bicyclic) bond motifs is 1. The van der Waals surface area contributed by atoms with Crippen LogP contribution in [0.2, 0.25) is 0 Å². The van der Waals surface area contributed by atoms with Gasteiger partial charge in [0, 0.05) is 12.1 Å². The SMILES string of the molecule is Cc1[nH]c(=O)c(C#N)c(C)c1CCC(=O)NC(C)c1cccc2ccccc12. The van der Waals surface area contributed by atoms with E-state index in [1.165, 1.54) is 0 Å². The van der Waals surface area contributed by atoms with Gasteiger partial charge in [0.2, 0.25) is 5.91 Å². The van der Waals surface area contributed by atoms with Gasteiger partial charge in [-0.3, -0.25) is 9.59 Å². The first-order chi connectivity index (χ1) is 13.4. The molecule has 0 fully saturated rings. The molecule has 0 bridgehead atoms. The number of aromatic nitrogens is 1. The van der Waals surface area contributed by atoms with Gasteiger partial charge in [-0.25, -0.2) is 0 Å². The Balaban J connectivity index is 1.73. The van der Waals surface area contributed by atoms with Crippen molar-refractivity contribution in [2.24, 2.45) is 0 Å². The van der Waals surface area contributed by atoms with Crippen molar-refractivity contribution in [2.45, 2.75) is 39.7 Å². The van der Waals surface area contributed by atoms with Gasteiger partial charge in [0.1, 0.15) is 11.6 Å². The van der Waals surface area contributed by atoms with E-state index in [0.29, 0.717) is 17.7 Å². The Morgan fingerprint density at radius 2 is 1.89 bits per heavy atom. The summed E-state index contributed by atoms with van der Waals surface area (Å²) in [4.78, 5) is 27.1. The molecule has 0 saturated heterocycles. The summed E-state index contributed by atoms with van der Waals surface area (Å²) in [7, 11) is 0. The topological polar surface area (TPSA) is 85.8 Å². The summed E-state index contributed by atoms with van der Waals surface area (Å²) < 4.78 is 0. The predicted molar refractivity (Wildman–Crippen MR) is 110 cm³/mol. The van der Waals surface area contributed by atoms with E-state index in [2.05, 4.69) is 28.5 Å². The number of amides is 1. The molecule has 0 radical (unpaired) electrons. The average molecular weight is 373 g/mol. The fourth-order valence-electron chi connectivity index (χ4n) is 3.68. The summed E-state index contributed by atoms with van der Waals surface area (Å²) in [6.45, 7) is 5.53. The molecule has 1 unspecified atom stereocenters. The molecule has 0 saturated carbocycles. The van der Waals surface area contributed by atoms with E-state index in [-0.39, 0.29) is 29.5 Å². The normalized spacial score (nSPS) is 11.8. The third kappa shape index (κ3) is 3.81. The van der Waals surface area contributed by atoms with Crippen molar-refractivity contribution in [3.63, 3.8) is 0 Å². The molecule has 1 amide bonds. The Morgan fingerprint density at radius 1 is 1.18 bits per heavy atom. The number of pyridine rings is 1. The Morgan fingerprint density at radius 3 is 2.64 bits per heavy atom. The lowest BCUT2D eigenvalue weighted by Gasteiger charge is -2.17. The number of rotatable bonds is 5. The average Bonchev–Trinajstić information content (AvgIpc) is 2.67. The number of benzene rings is 2. The van der Waals surface area contributed by atoms with Gasteiger partial charge in [-0.1, -0.05) is 42.5 Å². The molecule has 3 aromatic rings. The first-order valence-electron chi connectivity index (χ1n) is 9.32. The summed E-state index contributed by atoms with van der Waals surface area (Å²) in [5.74, 6) is -0.0658. The minimum absolute atomic E-state index is 0.0658. The van der Waals surface area contributed by atoms with Crippen LogP contribution in [0, 0.1) is 25.2 Å². The molecule has 142 valence electrons. The third-order valence-electron chi connectivity index (χ3n) is 5.19. The quantitative estimate of drug-likeness (QED) is 0.713. The number of nitrogens with zero attached hydrogens (tertiary/aromatic N) is 1. The Hall–Kier alpha value is -3.39. The number of aryl methyl sites for hydroxylation is 1. The molecule has 0 aliphatic heterocycles. The molecule has 2 N–H and O–H groups in total. The molecule has 1 atom stereocenters. The van der Waals surface area contributed by atoms with E-state index in [1.807, 2.05) is 37.3 Å². The minimum atomic E-state index is -0.379. The van der Waals surface area contributed by atoms with Crippen LogP contribution >= 0.6 is 0 Å². The summed E-state index contributed by atoms with van der Waals surface area (Å²) in [6, 6.07) is 16.0. The zero-order valence-electron chi connectivity index (χ0n) is 16.3. The fourth-order valence-corrected chi connectivity index (χ4v) is 3.68. The number of nitriles is 1. The molecule has 1 aromatic heterocycles. The van der Waals surface area contributed by atoms with Crippen molar-refractivity contribution in [1.82, 2.24) is 10.3 Å². The van der Waals surface area contributed by atoms with Gasteiger partial charge in [-0.05, 0) is 54.7 Å². The maximum Gasteiger partial charge on any atom is 0.266 e. The van der Waals surface area contributed by atoms with Crippen LogP contribution in [0.25, 0.3) is 10.8 Å². The van der Waals surface area contributed by atoms with Gasteiger partial charge >= 0.3 is 0 Å².